The summed E-state index contributed by atoms with van der Waals surface area (Å²) in [5.74, 6) is -59.2. The Hall–Kier alpha value is -5.84. The van der Waals surface area contributed by atoms with Crippen LogP contribution in [0.5, 0.6) is 5.75 Å². The number of hydrogen-bond acceptors (Lipinski definition) is 7. The first kappa shape index (κ1) is 47.8. The predicted octanol–water partition coefficient (Wildman–Crippen LogP) is 14.0. The highest BCUT2D eigenvalue weighted by atomic mass is 19.4. The molecule has 0 aliphatic rings. The van der Waals surface area contributed by atoms with Crippen LogP contribution < -0.4 is 9.64 Å². The fourth-order valence-corrected chi connectivity index (χ4v) is 5.04. The zero-order valence-corrected chi connectivity index (χ0v) is 30.6. The van der Waals surface area contributed by atoms with E-state index in [0.29, 0.717) is 17.1 Å². The van der Waals surface area contributed by atoms with Crippen molar-refractivity contribution in [2.75, 3.05) is 18.0 Å². The van der Waals surface area contributed by atoms with E-state index in [4.69, 9.17) is 4.74 Å². The third kappa shape index (κ3) is 8.83. The van der Waals surface area contributed by atoms with Gasteiger partial charge >= 0.3 is 53.6 Å². The summed E-state index contributed by atoms with van der Waals surface area (Å²) in [5.41, 5.74) is -0.543. The van der Waals surface area contributed by atoms with Gasteiger partial charge in [-0.05, 0) is 98.8 Å². The highest BCUT2D eigenvalue weighted by molar-refractivity contribution is 5.91. The first-order valence-electron chi connectivity index (χ1n) is 16.9. The van der Waals surface area contributed by atoms with Gasteiger partial charge in [-0.1, -0.05) is 12.1 Å². The molecule has 0 saturated carbocycles. The van der Waals surface area contributed by atoms with Crippen LogP contribution in [0.15, 0.2) is 118 Å². The van der Waals surface area contributed by atoms with E-state index in [0.717, 1.165) is 30.9 Å². The standard InChI is InChI=1S/C37H26F17N5O2/c1-3-59(4-2)27-17-13-25(14-18-27)57-55-23-9-11-24(12-10-23)56-58-26-15-19-28(20-16-26)61-29(60)21-5-7-22(8-6-21)30(38,39)31(40,41)32(42,43)33(44,45)34(46,47)35(48,49)36(50,51)37(52,53)54/h5-20H,3-4H2,1-2H3. The maximum absolute atomic E-state index is 14.6. The van der Waals surface area contributed by atoms with Crippen molar-refractivity contribution in [2.45, 2.75) is 61.5 Å². The number of benzene rings is 4. The van der Waals surface area contributed by atoms with Crippen molar-refractivity contribution < 1.29 is 84.2 Å². The van der Waals surface area contributed by atoms with Gasteiger partial charge in [0.2, 0.25) is 0 Å². The van der Waals surface area contributed by atoms with Crippen LogP contribution in [0.1, 0.15) is 29.8 Å². The molecule has 0 N–H and O–H groups in total. The Morgan fingerprint density at radius 2 is 0.787 bits per heavy atom. The molecule has 0 heterocycles. The van der Waals surface area contributed by atoms with E-state index in [2.05, 4.69) is 25.4 Å². The number of hydrogen-bond donors (Lipinski definition) is 0. The monoisotopic (exact) mass is 895 g/mol. The summed E-state index contributed by atoms with van der Waals surface area (Å²) in [6, 6.07) is 18.4. The molecule has 24 heteroatoms. The van der Waals surface area contributed by atoms with E-state index in [-0.39, 0.29) is 35.7 Å². The van der Waals surface area contributed by atoms with Crippen molar-refractivity contribution >= 4 is 34.4 Å². The van der Waals surface area contributed by atoms with Crippen LogP contribution in [0.3, 0.4) is 0 Å². The number of rotatable bonds is 16. The van der Waals surface area contributed by atoms with E-state index in [1.54, 1.807) is 24.3 Å². The van der Waals surface area contributed by atoms with Crippen molar-refractivity contribution in [1.82, 2.24) is 0 Å². The molecule has 0 amide bonds. The van der Waals surface area contributed by atoms with Crippen molar-refractivity contribution in [1.29, 1.82) is 0 Å². The molecule has 7 nitrogen and oxygen atoms in total. The lowest BCUT2D eigenvalue weighted by atomic mass is 9.87. The maximum Gasteiger partial charge on any atom is 0.460 e. The zero-order valence-electron chi connectivity index (χ0n) is 30.6. The van der Waals surface area contributed by atoms with Crippen LogP contribution in [0.4, 0.5) is 103 Å². The van der Waals surface area contributed by atoms with Crippen LogP contribution in [-0.4, -0.2) is 60.8 Å². The average Bonchev–Trinajstić information content (AvgIpc) is 3.20. The fraction of sp³-hybridized carbons (Fsp3) is 0.324. The van der Waals surface area contributed by atoms with Crippen molar-refractivity contribution in [3.8, 4) is 5.75 Å². The van der Waals surface area contributed by atoms with Crippen LogP contribution in [-0.2, 0) is 5.92 Å². The normalized spacial score (nSPS) is 13.9. The Labute approximate surface area is 332 Å². The predicted molar refractivity (Wildman–Crippen MR) is 182 cm³/mol. The van der Waals surface area contributed by atoms with Gasteiger partial charge in [0.05, 0.1) is 28.3 Å². The summed E-state index contributed by atoms with van der Waals surface area (Å²) in [6.45, 7) is 5.77. The molecule has 0 aliphatic carbocycles. The molecule has 0 saturated heterocycles. The summed E-state index contributed by atoms with van der Waals surface area (Å²) in [4.78, 5) is 14.7. The largest absolute Gasteiger partial charge is 0.460 e. The summed E-state index contributed by atoms with van der Waals surface area (Å²) >= 11 is 0. The van der Waals surface area contributed by atoms with E-state index in [1.165, 1.54) is 12.1 Å². The van der Waals surface area contributed by atoms with Gasteiger partial charge < -0.3 is 9.64 Å². The van der Waals surface area contributed by atoms with Gasteiger partial charge in [0.25, 0.3) is 0 Å². The van der Waals surface area contributed by atoms with Crippen LogP contribution in [0.25, 0.3) is 0 Å². The molecule has 330 valence electrons. The second-order valence-electron chi connectivity index (χ2n) is 12.6. The Bertz CT molecular complexity index is 2190. The average molecular weight is 896 g/mol. The molecular formula is C37H26F17N5O2. The molecule has 61 heavy (non-hydrogen) atoms. The molecule has 0 atom stereocenters. The zero-order chi connectivity index (χ0) is 46.0. The van der Waals surface area contributed by atoms with E-state index < -0.39 is 64.7 Å². The number of carbonyl (C=O) groups excluding carboxylic acids is 1. The molecule has 0 radical (unpaired) electrons. The third-order valence-corrected chi connectivity index (χ3v) is 8.64. The summed E-state index contributed by atoms with van der Waals surface area (Å²) in [5, 5.41) is 16.4. The van der Waals surface area contributed by atoms with Gasteiger partial charge in [0.1, 0.15) is 5.75 Å². The number of halogens is 17. The van der Waals surface area contributed by atoms with E-state index >= 15 is 0 Å². The third-order valence-electron chi connectivity index (χ3n) is 8.64. The molecular weight excluding hydrogens is 869 g/mol. The molecule has 0 bridgehead atoms. The molecule has 4 aromatic rings. The Kier molecular flexibility index (Phi) is 13.3. The molecule has 0 aliphatic heterocycles. The van der Waals surface area contributed by atoms with Gasteiger partial charge in [-0.15, -0.1) is 0 Å². The minimum atomic E-state index is -8.74. The topological polar surface area (TPSA) is 79.0 Å². The number of carbonyl (C=O) groups is 1. The van der Waals surface area contributed by atoms with Crippen molar-refractivity contribution in [3.63, 3.8) is 0 Å². The summed E-state index contributed by atoms with van der Waals surface area (Å²) in [6.07, 6.45) is -7.85. The molecule has 0 aromatic heterocycles. The van der Waals surface area contributed by atoms with Crippen LogP contribution in [0.2, 0.25) is 0 Å². The lowest BCUT2D eigenvalue weighted by molar-refractivity contribution is -0.462. The molecule has 0 fully saturated rings. The molecule has 0 spiro atoms. The first-order chi connectivity index (χ1) is 28.0. The highest BCUT2D eigenvalue weighted by Crippen LogP contribution is 2.65. The number of anilines is 1. The number of ether oxygens (including phenoxy) is 1. The lowest BCUT2D eigenvalue weighted by Gasteiger charge is -2.42. The quantitative estimate of drug-likeness (QED) is 0.0486. The highest BCUT2D eigenvalue weighted by Gasteiger charge is 2.95. The second-order valence-corrected chi connectivity index (χ2v) is 12.6. The number of esters is 1. The van der Waals surface area contributed by atoms with Gasteiger partial charge in [0.15, 0.2) is 0 Å². The number of alkyl halides is 17. The van der Waals surface area contributed by atoms with E-state index in [9.17, 15) is 79.4 Å². The summed E-state index contributed by atoms with van der Waals surface area (Å²) < 4.78 is 237. The molecule has 0 unspecified atom stereocenters. The fourth-order valence-electron chi connectivity index (χ4n) is 5.04. The lowest BCUT2D eigenvalue weighted by Crippen LogP contribution is -2.74. The minimum absolute atomic E-state index is 0.157. The summed E-state index contributed by atoms with van der Waals surface area (Å²) in [7, 11) is 0. The number of nitrogens with zero attached hydrogens (tertiary/aromatic N) is 5. The van der Waals surface area contributed by atoms with Crippen molar-refractivity contribution in [2.24, 2.45) is 20.5 Å². The Morgan fingerprint density at radius 1 is 0.459 bits per heavy atom. The number of azo groups is 2. The first-order valence-corrected chi connectivity index (χ1v) is 16.9. The van der Waals surface area contributed by atoms with Gasteiger partial charge in [0, 0.05) is 24.3 Å². The van der Waals surface area contributed by atoms with Gasteiger partial charge in [-0.3, -0.25) is 0 Å². The molecule has 4 rings (SSSR count). The van der Waals surface area contributed by atoms with Crippen LogP contribution in [0, 0.1) is 0 Å². The maximum atomic E-state index is 14.6. The van der Waals surface area contributed by atoms with Gasteiger partial charge in [-0.25, -0.2) is 4.79 Å². The second kappa shape index (κ2) is 16.9. The Balaban J connectivity index is 1.41. The van der Waals surface area contributed by atoms with Crippen LogP contribution >= 0.6 is 0 Å². The van der Waals surface area contributed by atoms with Crippen molar-refractivity contribution in [3.05, 3.63) is 108 Å². The molecule has 4 aromatic carbocycles. The Morgan fingerprint density at radius 3 is 1.15 bits per heavy atom. The van der Waals surface area contributed by atoms with Gasteiger partial charge in [-0.2, -0.15) is 95.1 Å². The minimum Gasteiger partial charge on any atom is -0.423 e. The smallest absolute Gasteiger partial charge is 0.423 e. The SMILES string of the molecule is CCN(CC)c1ccc(N=Nc2ccc(N=Nc3ccc(OC(=O)c4ccc(C(F)(F)C(F)(F)C(F)(F)C(F)(F)C(F)(F)C(F)(F)C(F)(F)C(F)(F)F)cc4)cc3)cc2)cc1. The van der Waals surface area contributed by atoms with E-state index in [1.807, 2.05) is 38.1 Å².